The van der Waals surface area contributed by atoms with Gasteiger partial charge in [-0.05, 0) is 17.2 Å². The number of hydrogen-bond acceptors (Lipinski definition) is 8. The number of aromatic nitrogens is 2. The molecule has 1 aromatic heterocycles. The second-order valence-electron chi connectivity index (χ2n) is 5.09. The second kappa shape index (κ2) is 9.08. The molecular weight excluding hydrogens is 400 g/mol. The summed E-state index contributed by atoms with van der Waals surface area (Å²) in [5.41, 5.74) is 7.17. The maximum atomic E-state index is 12.1. The molecule has 3 N–H and O–H groups in total. The van der Waals surface area contributed by atoms with Gasteiger partial charge in [0.2, 0.25) is 15.2 Å². The molecule has 0 spiro atoms. The van der Waals surface area contributed by atoms with E-state index < -0.39 is 16.0 Å². The lowest BCUT2D eigenvalue weighted by Gasteiger charge is -2.05. The molecule has 1 aromatic carbocycles. The van der Waals surface area contributed by atoms with Crippen molar-refractivity contribution in [3.63, 3.8) is 0 Å². The summed E-state index contributed by atoms with van der Waals surface area (Å²) in [6.07, 6.45) is 3.15. The first-order valence-corrected chi connectivity index (χ1v) is 10.2. The maximum absolute atomic E-state index is 12.1. The minimum absolute atomic E-state index is 0.103. The van der Waals surface area contributed by atoms with Crippen LogP contribution in [0, 0.1) is 0 Å². The number of hydrogen-bond donors (Lipinski definition) is 2. The van der Waals surface area contributed by atoms with Gasteiger partial charge in [-0.25, -0.2) is 8.42 Å². The number of carbonyl (C=O) groups excluding carboxylic acids is 1. The van der Waals surface area contributed by atoms with Crippen LogP contribution in [0.15, 0.2) is 24.3 Å². The molecule has 0 saturated carbocycles. The predicted octanol–water partition coefficient (Wildman–Crippen LogP) is 2.17. The Hall–Kier alpha value is -2.01. The molecular formula is C15H17ClN4O4S2. The monoisotopic (exact) mass is 416 g/mol. The number of ether oxygens (including phenoxy) is 1. The van der Waals surface area contributed by atoms with Gasteiger partial charge in [-0.1, -0.05) is 35.9 Å². The van der Waals surface area contributed by atoms with Gasteiger partial charge in [-0.15, -0.1) is 0 Å². The summed E-state index contributed by atoms with van der Waals surface area (Å²) in [6, 6.07) is 5.29. The van der Waals surface area contributed by atoms with Crippen LogP contribution in [0.2, 0.25) is 5.02 Å². The number of carbonyl (C=O) groups is 1. The Labute approximate surface area is 160 Å². The first-order valence-electron chi connectivity index (χ1n) is 7.41. The van der Waals surface area contributed by atoms with Crippen LogP contribution in [-0.4, -0.2) is 29.5 Å². The Bertz CT molecular complexity index is 912. The Kier molecular flexibility index (Phi) is 7.09. The van der Waals surface area contributed by atoms with Gasteiger partial charge in [-0.2, -0.15) is 9.36 Å². The standard InChI is InChI=1S/C15H17ClN4O4S2/c1-10(21)24-9-14-18-15(25-19-14)20-26(22,23)7-3-5-11-4-2-6-13(16)12(11)8-17/h2-6H,7-9,17H2,1H3,(H,18,19,20). The fourth-order valence-electron chi connectivity index (χ4n) is 1.94. The van der Waals surface area contributed by atoms with Gasteiger partial charge in [0, 0.05) is 30.0 Å². The Morgan fingerprint density at radius 1 is 1.46 bits per heavy atom. The smallest absolute Gasteiger partial charge is 0.303 e. The van der Waals surface area contributed by atoms with Crippen LogP contribution in [0.1, 0.15) is 23.9 Å². The maximum Gasteiger partial charge on any atom is 0.303 e. The fourth-order valence-corrected chi connectivity index (χ4v) is 3.91. The van der Waals surface area contributed by atoms with Gasteiger partial charge in [0.25, 0.3) is 0 Å². The van der Waals surface area contributed by atoms with Gasteiger partial charge >= 0.3 is 5.97 Å². The van der Waals surface area contributed by atoms with E-state index in [1.807, 2.05) is 0 Å². The number of anilines is 1. The zero-order valence-electron chi connectivity index (χ0n) is 13.8. The Morgan fingerprint density at radius 3 is 2.92 bits per heavy atom. The van der Waals surface area contributed by atoms with Crippen molar-refractivity contribution in [2.45, 2.75) is 20.1 Å². The number of halogens is 1. The highest BCUT2D eigenvalue weighted by molar-refractivity contribution is 7.93. The van der Waals surface area contributed by atoms with Gasteiger partial charge in [0.15, 0.2) is 12.4 Å². The molecule has 0 radical (unpaired) electrons. The molecule has 0 aliphatic carbocycles. The van der Waals surface area contributed by atoms with E-state index in [0.29, 0.717) is 5.02 Å². The minimum atomic E-state index is -3.65. The van der Waals surface area contributed by atoms with Crippen LogP contribution < -0.4 is 10.5 Å². The summed E-state index contributed by atoms with van der Waals surface area (Å²) in [7, 11) is -3.65. The summed E-state index contributed by atoms with van der Waals surface area (Å²) in [5.74, 6) is -0.502. The van der Waals surface area contributed by atoms with Crippen molar-refractivity contribution in [3.8, 4) is 0 Å². The van der Waals surface area contributed by atoms with Crippen molar-refractivity contribution in [2.75, 3.05) is 10.5 Å². The lowest BCUT2D eigenvalue weighted by atomic mass is 10.1. The molecule has 0 aliphatic rings. The van der Waals surface area contributed by atoms with E-state index in [9.17, 15) is 13.2 Å². The number of sulfonamides is 1. The molecule has 0 fully saturated rings. The molecule has 11 heteroatoms. The molecule has 1 heterocycles. The van der Waals surface area contributed by atoms with Crippen molar-refractivity contribution >= 4 is 50.3 Å². The summed E-state index contributed by atoms with van der Waals surface area (Å²) < 4.78 is 35.2. The largest absolute Gasteiger partial charge is 0.458 e. The Morgan fingerprint density at radius 2 is 2.23 bits per heavy atom. The van der Waals surface area contributed by atoms with E-state index in [1.54, 1.807) is 24.3 Å². The van der Waals surface area contributed by atoms with E-state index in [0.717, 1.165) is 22.7 Å². The van der Waals surface area contributed by atoms with Crippen LogP contribution in [0.25, 0.3) is 6.08 Å². The molecule has 0 bridgehead atoms. The van der Waals surface area contributed by atoms with Crippen molar-refractivity contribution in [3.05, 3.63) is 46.2 Å². The topological polar surface area (TPSA) is 124 Å². The number of nitrogens with two attached hydrogens (primary N) is 1. The lowest BCUT2D eigenvalue weighted by molar-refractivity contribution is -0.142. The quantitative estimate of drug-likeness (QED) is 0.631. The van der Waals surface area contributed by atoms with Gasteiger partial charge in [0.05, 0.1) is 5.75 Å². The highest BCUT2D eigenvalue weighted by atomic mass is 35.5. The SMILES string of the molecule is CC(=O)OCc1nsc(NS(=O)(=O)CC=Cc2cccc(Cl)c2CN)n1. The number of benzene rings is 1. The minimum Gasteiger partial charge on any atom is -0.458 e. The molecule has 0 aliphatic heterocycles. The number of esters is 1. The number of rotatable bonds is 8. The van der Waals surface area contributed by atoms with Crippen molar-refractivity contribution in [1.29, 1.82) is 0 Å². The van der Waals surface area contributed by atoms with Crippen molar-refractivity contribution < 1.29 is 17.9 Å². The number of nitrogens with one attached hydrogen (secondary N) is 1. The molecule has 0 amide bonds. The van der Waals surface area contributed by atoms with Crippen LogP contribution in [0.4, 0.5) is 5.13 Å². The molecule has 0 saturated heterocycles. The van der Waals surface area contributed by atoms with Crippen molar-refractivity contribution in [1.82, 2.24) is 9.36 Å². The molecule has 0 unspecified atom stereocenters. The normalized spacial score (nSPS) is 11.7. The van der Waals surface area contributed by atoms with Crippen LogP contribution in [-0.2, 0) is 32.7 Å². The third kappa shape index (κ3) is 6.06. The lowest BCUT2D eigenvalue weighted by Crippen LogP contribution is -2.15. The first kappa shape index (κ1) is 20.3. The predicted molar refractivity (Wildman–Crippen MR) is 101 cm³/mol. The second-order valence-corrected chi connectivity index (χ2v) is 8.02. The van der Waals surface area contributed by atoms with Crippen LogP contribution >= 0.6 is 23.1 Å². The summed E-state index contributed by atoms with van der Waals surface area (Å²) in [4.78, 5) is 14.7. The average molecular weight is 417 g/mol. The van der Waals surface area contributed by atoms with E-state index in [-0.39, 0.29) is 29.9 Å². The van der Waals surface area contributed by atoms with E-state index in [1.165, 1.54) is 13.0 Å². The third-order valence-electron chi connectivity index (χ3n) is 3.09. The Balaban J connectivity index is 1.99. The highest BCUT2D eigenvalue weighted by Crippen LogP contribution is 2.21. The van der Waals surface area contributed by atoms with E-state index >= 15 is 0 Å². The fraction of sp³-hybridized carbons (Fsp3) is 0.267. The van der Waals surface area contributed by atoms with Gasteiger partial charge < -0.3 is 10.5 Å². The molecule has 2 rings (SSSR count). The zero-order chi connectivity index (χ0) is 19.2. The van der Waals surface area contributed by atoms with Crippen LogP contribution in [0.3, 0.4) is 0 Å². The van der Waals surface area contributed by atoms with Gasteiger partial charge in [-0.3, -0.25) is 9.52 Å². The van der Waals surface area contributed by atoms with Crippen LogP contribution in [0.5, 0.6) is 0 Å². The summed E-state index contributed by atoms with van der Waals surface area (Å²) >= 11 is 6.93. The summed E-state index contributed by atoms with van der Waals surface area (Å²) in [5, 5.41) is 0.635. The zero-order valence-corrected chi connectivity index (χ0v) is 16.2. The highest BCUT2D eigenvalue weighted by Gasteiger charge is 2.13. The van der Waals surface area contributed by atoms with E-state index in [2.05, 4.69) is 14.1 Å². The van der Waals surface area contributed by atoms with Gasteiger partial charge in [0.1, 0.15) is 0 Å². The molecule has 2 aromatic rings. The third-order valence-corrected chi connectivity index (χ3v) is 5.37. The molecule has 140 valence electrons. The first-order chi connectivity index (χ1) is 12.3. The van der Waals surface area contributed by atoms with E-state index in [4.69, 9.17) is 22.1 Å². The molecule has 8 nitrogen and oxygen atoms in total. The molecule has 0 atom stereocenters. The molecule has 26 heavy (non-hydrogen) atoms. The summed E-state index contributed by atoms with van der Waals surface area (Å²) in [6.45, 7) is 1.41. The number of nitrogens with zero attached hydrogens (tertiary/aromatic N) is 2. The van der Waals surface area contributed by atoms with Crippen molar-refractivity contribution in [2.24, 2.45) is 5.73 Å². The average Bonchev–Trinajstić information content (AvgIpc) is 2.99.